The van der Waals surface area contributed by atoms with Gasteiger partial charge in [0, 0.05) is 6.42 Å². The molecule has 0 rings (SSSR count). The number of carbonyl (C=O) groups is 1. The Bertz CT molecular complexity index is 381. The molecule has 17 heavy (non-hydrogen) atoms. The van der Waals surface area contributed by atoms with Crippen molar-refractivity contribution in [3.05, 3.63) is 0 Å². The van der Waals surface area contributed by atoms with Crippen molar-refractivity contribution in [2.24, 2.45) is 0 Å². The number of hydrogen-bond acceptors (Lipinski definition) is 5. The molecule has 98 valence electrons. The van der Waals surface area contributed by atoms with Crippen LogP contribution in [0.15, 0.2) is 0 Å². The third-order valence-corrected chi connectivity index (χ3v) is 4.39. The highest BCUT2D eigenvalue weighted by molar-refractivity contribution is 7.92. The van der Waals surface area contributed by atoms with Gasteiger partial charge in [-0.05, 0) is 26.7 Å². The van der Waals surface area contributed by atoms with Gasteiger partial charge in [-0.3, -0.25) is 4.79 Å². The zero-order valence-electron chi connectivity index (χ0n) is 10.5. The Hall–Kier alpha value is -1.09. The van der Waals surface area contributed by atoms with Crippen molar-refractivity contribution < 1.29 is 17.9 Å². The predicted molar refractivity (Wildman–Crippen MR) is 63.9 cm³/mol. The largest absolute Gasteiger partial charge is 0.462 e. The highest BCUT2D eigenvalue weighted by atomic mass is 32.2. The summed E-state index contributed by atoms with van der Waals surface area (Å²) < 4.78 is 28.6. The van der Waals surface area contributed by atoms with Crippen LogP contribution in [0.4, 0.5) is 0 Å². The van der Waals surface area contributed by atoms with Crippen LogP contribution in [0.25, 0.3) is 0 Å². The Balaban J connectivity index is 4.64. The topological polar surface area (TPSA) is 84.2 Å². The molecule has 0 amide bonds. The molecule has 0 bridgehead atoms. The van der Waals surface area contributed by atoms with Crippen LogP contribution in [-0.4, -0.2) is 31.5 Å². The SMILES string of the molecule is CCC(C(=O)OC(C)C)S(=O)(=O)CCCC#N. The molecule has 0 heterocycles. The number of nitriles is 1. The first-order valence-electron chi connectivity index (χ1n) is 5.64. The fourth-order valence-electron chi connectivity index (χ4n) is 1.37. The first-order chi connectivity index (χ1) is 7.85. The molecule has 6 heteroatoms. The summed E-state index contributed by atoms with van der Waals surface area (Å²) in [6, 6.07) is 1.88. The molecule has 0 aromatic rings. The number of ether oxygens (including phenoxy) is 1. The molecular formula is C11H19NO4S. The van der Waals surface area contributed by atoms with E-state index < -0.39 is 21.1 Å². The van der Waals surface area contributed by atoms with E-state index in [0.29, 0.717) is 0 Å². The van der Waals surface area contributed by atoms with E-state index in [2.05, 4.69) is 0 Å². The van der Waals surface area contributed by atoms with Crippen LogP contribution in [-0.2, 0) is 19.4 Å². The van der Waals surface area contributed by atoms with E-state index >= 15 is 0 Å². The summed E-state index contributed by atoms with van der Waals surface area (Å²) in [4.78, 5) is 11.6. The Morgan fingerprint density at radius 1 is 1.41 bits per heavy atom. The van der Waals surface area contributed by atoms with E-state index in [1.54, 1.807) is 20.8 Å². The van der Waals surface area contributed by atoms with Crippen molar-refractivity contribution in [3.63, 3.8) is 0 Å². The Kier molecular flexibility index (Phi) is 6.81. The third kappa shape index (κ3) is 5.68. The van der Waals surface area contributed by atoms with Gasteiger partial charge in [-0.15, -0.1) is 0 Å². The van der Waals surface area contributed by atoms with Gasteiger partial charge < -0.3 is 4.74 Å². The number of unbranched alkanes of at least 4 members (excludes halogenated alkanes) is 1. The van der Waals surface area contributed by atoms with Gasteiger partial charge in [0.25, 0.3) is 0 Å². The lowest BCUT2D eigenvalue weighted by molar-refractivity contribution is -0.146. The van der Waals surface area contributed by atoms with Gasteiger partial charge in [-0.25, -0.2) is 8.42 Å². The molecule has 0 aliphatic rings. The summed E-state index contributed by atoms with van der Waals surface area (Å²) in [5.41, 5.74) is 0. The molecule has 1 atom stereocenters. The average Bonchev–Trinajstić information content (AvgIpc) is 2.16. The lowest BCUT2D eigenvalue weighted by Crippen LogP contribution is -2.34. The number of nitrogens with zero attached hydrogens (tertiary/aromatic N) is 1. The van der Waals surface area contributed by atoms with E-state index in [9.17, 15) is 13.2 Å². The number of carbonyl (C=O) groups excluding carboxylic acids is 1. The lowest BCUT2D eigenvalue weighted by Gasteiger charge is -2.16. The second-order valence-corrected chi connectivity index (χ2v) is 6.31. The quantitative estimate of drug-likeness (QED) is 0.511. The third-order valence-electron chi connectivity index (χ3n) is 2.14. The molecule has 0 saturated carbocycles. The molecule has 0 spiro atoms. The first-order valence-corrected chi connectivity index (χ1v) is 7.35. The van der Waals surface area contributed by atoms with Crippen LogP contribution >= 0.6 is 0 Å². The van der Waals surface area contributed by atoms with E-state index in [1.807, 2.05) is 6.07 Å². The molecule has 0 N–H and O–H groups in total. The number of hydrogen-bond donors (Lipinski definition) is 0. The molecule has 0 fully saturated rings. The monoisotopic (exact) mass is 261 g/mol. The standard InChI is InChI=1S/C11H19NO4S/c1-4-10(11(13)16-9(2)3)17(14,15)8-6-5-7-12/h9-10H,4-6,8H2,1-3H3. The minimum absolute atomic E-state index is 0.147. The molecule has 0 aliphatic carbocycles. The van der Waals surface area contributed by atoms with Crippen molar-refractivity contribution in [2.45, 2.75) is 51.4 Å². The average molecular weight is 261 g/mol. The van der Waals surface area contributed by atoms with Crippen molar-refractivity contribution in [1.29, 1.82) is 5.26 Å². The zero-order chi connectivity index (χ0) is 13.5. The molecule has 0 aromatic heterocycles. The van der Waals surface area contributed by atoms with Crippen LogP contribution < -0.4 is 0 Å². The lowest BCUT2D eigenvalue weighted by atomic mass is 10.3. The summed E-state index contributed by atoms with van der Waals surface area (Å²) >= 11 is 0. The molecule has 0 radical (unpaired) electrons. The summed E-state index contributed by atoms with van der Waals surface area (Å²) in [7, 11) is -3.52. The Morgan fingerprint density at radius 2 is 2.00 bits per heavy atom. The molecular weight excluding hydrogens is 242 g/mol. The van der Waals surface area contributed by atoms with E-state index in [1.165, 1.54) is 0 Å². The van der Waals surface area contributed by atoms with Gasteiger partial charge in [-0.1, -0.05) is 6.92 Å². The maximum Gasteiger partial charge on any atom is 0.324 e. The fraction of sp³-hybridized carbons (Fsp3) is 0.818. The van der Waals surface area contributed by atoms with Crippen LogP contribution in [0.3, 0.4) is 0 Å². The number of sulfone groups is 1. The van der Waals surface area contributed by atoms with Gasteiger partial charge >= 0.3 is 5.97 Å². The molecule has 1 unspecified atom stereocenters. The second kappa shape index (κ2) is 7.28. The molecule has 5 nitrogen and oxygen atoms in total. The van der Waals surface area contributed by atoms with Crippen molar-refractivity contribution in [1.82, 2.24) is 0 Å². The van der Waals surface area contributed by atoms with Crippen LogP contribution in [0.1, 0.15) is 40.0 Å². The maximum atomic E-state index is 11.8. The van der Waals surface area contributed by atoms with Crippen molar-refractivity contribution in [2.75, 3.05) is 5.75 Å². The fourth-order valence-corrected chi connectivity index (χ4v) is 3.06. The maximum absolute atomic E-state index is 11.8. The van der Waals surface area contributed by atoms with Crippen molar-refractivity contribution in [3.8, 4) is 6.07 Å². The second-order valence-electron chi connectivity index (χ2n) is 4.01. The van der Waals surface area contributed by atoms with Gasteiger partial charge in [0.1, 0.15) is 0 Å². The summed E-state index contributed by atoms with van der Waals surface area (Å²) in [5.74, 6) is -0.842. The highest BCUT2D eigenvalue weighted by Crippen LogP contribution is 2.12. The first kappa shape index (κ1) is 15.9. The molecule has 0 aliphatic heterocycles. The minimum Gasteiger partial charge on any atom is -0.462 e. The smallest absolute Gasteiger partial charge is 0.324 e. The summed E-state index contributed by atoms with van der Waals surface area (Å²) in [6.45, 7) is 4.98. The van der Waals surface area contributed by atoms with E-state index in [0.717, 1.165) is 0 Å². The van der Waals surface area contributed by atoms with E-state index in [4.69, 9.17) is 10.00 Å². The van der Waals surface area contributed by atoms with Crippen LogP contribution in [0.5, 0.6) is 0 Å². The van der Waals surface area contributed by atoms with Gasteiger partial charge in [0.2, 0.25) is 0 Å². The molecule has 0 aromatic carbocycles. The van der Waals surface area contributed by atoms with Gasteiger partial charge in [-0.2, -0.15) is 5.26 Å². The molecule has 0 saturated heterocycles. The van der Waals surface area contributed by atoms with Crippen LogP contribution in [0.2, 0.25) is 0 Å². The number of esters is 1. The number of rotatable bonds is 7. The zero-order valence-corrected chi connectivity index (χ0v) is 11.3. The minimum atomic E-state index is -3.52. The van der Waals surface area contributed by atoms with Gasteiger partial charge in [0.05, 0.1) is 17.9 Å². The summed E-state index contributed by atoms with van der Waals surface area (Å²) in [5, 5.41) is 7.24. The van der Waals surface area contributed by atoms with Crippen LogP contribution in [0, 0.1) is 11.3 Å². The Morgan fingerprint density at radius 3 is 2.41 bits per heavy atom. The highest BCUT2D eigenvalue weighted by Gasteiger charge is 2.32. The van der Waals surface area contributed by atoms with E-state index in [-0.39, 0.29) is 31.1 Å². The Labute approximate surface area is 103 Å². The van der Waals surface area contributed by atoms with Crippen molar-refractivity contribution >= 4 is 15.8 Å². The van der Waals surface area contributed by atoms with Gasteiger partial charge in [0.15, 0.2) is 15.1 Å². The normalized spacial score (nSPS) is 13.1. The summed E-state index contributed by atoms with van der Waals surface area (Å²) in [6.07, 6.45) is 0.297. The predicted octanol–water partition coefficient (Wildman–Crippen LogP) is 1.44.